The first-order valence-electron chi connectivity index (χ1n) is 8.83. The third-order valence-electron chi connectivity index (χ3n) is 4.51. The van der Waals surface area contributed by atoms with Crippen LogP contribution in [0.4, 0.5) is 8.78 Å². The fourth-order valence-electron chi connectivity index (χ4n) is 3.05. The zero-order chi connectivity index (χ0) is 18.8. The molecule has 0 N–H and O–H groups in total. The first kappa shape index (κ1) is 17.7. The van der Waals surface area contributed by atoms with Gasteiger partial charge in [-0.1, -0.05) is 49.4 Å². The van der Waals surface area contributed by atoms with Crippen molar-refractivity contribution in [2.24, 2.45) is 0 Å². The van der Waals surface area contributed by atoms with Crippen LogP contribution in [0.15, 0.2) is 66.7 Å². The van der Waals surface area contributed by atoms with Crippen molar-refractivity contribution in [1.82, 2.24) is 0 Å². The molecule has 0 amide bonds. The molecular weight excluding hydrogens is 362 g/mol. The Hall–Kier alpha value is -2.72. The highest BCUT2D eigenvalue weighted by Gasteiger charge is 2.16. The smallest absolute Gasteiger partial charge is 0.167 e. The van der Waals surface area contributed by atoms with Gasteiger partial charge in [0.05, 0.1) is 0 Å². The Kier molecular flexibility index (Phi) is 4.90. The molecule has 0 aliphatic carbocycles. The van der Waals surface area contributed by atoms with Crippen molar-refractivity contribution in [3.63, 3.8) is 0 Å². The molecule has 0 bridgehead atoms. The number of rotatable bonds is 5. The van der Waals surface area contributed by atoms with E-state index in [-0.39, 0.29) is 0 Å². The third-order valence-corrected chi connectivity index (χ3v) is 5.82. The van der Waals surface area contributed by atoms with Gasteiger partial charge in [-0.15, -0.1) is 11.3 Å². The molecule has 0 aliphatic rings. The van der Waals surface area contributed by atoms with Crippen LogP contribution in [0.1, 0.15) is 17.4 Å². The normalized spacial score (nSPS) is 11.1. The van der Waals surface area contributed by atoms with Crippen molar-refractivity contribution in [1.29, 1.82) is 0 Å². The topological polar surface area (TPSA) is 9.23 Å². The number of halogens is 2. The summed E-state index contributed by atoms with van der Waals surface area (Å²) in [4.78, 5) is 1.04. The van der Waals surface area contributed by atoms with Crippen LogP contribution < -0.4 is 4.74 Å². The summed E-state index contributed by atoms with van der Waals surface area (Å²) < 4.78 is 34.9. The summed E-state index contributed by atoms with van der Waals surface area (Å²) in [5.41, 5.74) is 2.65. The van der Waals surface area contributed by atoms with E-state index < -0.39 is 11.6 Å². The minimum Gasteiger partial charge on any atom is -0.489 e. The van der Waals surface area contributed by atoms with Gasteiger partial charge in [0.25, 0.3) is 0 Å². The zero-order valence-electron chi connectivity index (χ0n) is 14.8. The second-order valence-corrected chi connectivity index (χ2v) is 7.46. The summed E-state index contributed by atoms with van der Waals surface area (Å²) in [6.07, 6.45) is 0.798. The third kappa shape index (κ3) is 3.58. The molecule has 0 atom stereocenters. The van der Waals surface area contributed by atoms with Gasteiger partial charge >= 0.3 is 0 Å². The van der Waals surface area contributed by atoms with Crippen LogP contribution >= 0.6 is 11.3 Å². The first-order valence-corrected chi connectivity index (χ1v) is 9.65. The predicted molar refractivity (Wildman–Crippen MR) is 107 cm³/mol. The quantitative estimate of drug-likeness (QED) is 0.363. The molecule has 0 aliphatic heterocycles. The predicted octanol–water partition coefficient (Wildman–Crippen LogP) is 6.99. The lowest BCUT2D eigenvalue weighted by atomic mass is 10.0. The van der Waals surface area contributed by atoms with Gasteiger partial charge in [-0.2, -0.15) is 0 Å². The largest absolute Gasteiger partial charge is 0.489 e. The van der Waals surface area contributed by atoms with Crippen LogP contribution in [0.25, 0.3) is 21.2 Å². The second-order valence-electron chi connectivity index (χ2n) is 6.33. The highest BCUT2D eigenvalue weighted by atomic mass is 32.1. The monoisotopic (exact) mass is 380 g/mol. The van der Waals surface area contributed by atoms with E-state index in [0.29, 0.717) is 17.6 Å². The number of thiophene rings is 1. The van der Waals surface area contributed by atoms with Gasteiger partial charge < -0.3 is 4.74 Å². The van der Waals surface area contributed by atoms with E-state index in [4.69, 9.17) is 4.74 Å². The van der Waals surface area contributed by atoms with E-state index in [0.717, 1.165) is 32.9 Å². The molecule has 4 rings (SSSR count). The molecule has 1 nitrogen and oxygen atoms in total. The van der Waals surface area contributed by atoms with Crippen molar-refractivity contribution in [2.45, 2.75) is 20.0 Å². The molecule has 4 aromatic rings. The minimum absolute atomic E-state index is 0.358. The van der Waals surface area contributed by atoms with Crippen LogP contribution in [0.2, 0.25) is 0 Å². The molecule has 27 heavy (non-hydrogen) atoms. The Bertz CT molecular complexity index is 1070. The number of ether oxygens (including phenoxy) is 1. The summed E-state index contributed by atoms with van der Waals surface area (Å²) in [6, 6.07) is 20.5. The standard InChI is InChI=1S/C23H18F2OS/c1-2-18-12-20-22(25)21(24)13-19(23(20)27-18)16-8-10-17(11-9-16)26-14-15-6-4-3-5-7-15/h3-13H,2,14H2,1H3. The average Bonchev–Trinajstić information content (AvgIpc) is 3.15. The van der Waals surface area contributed by atoms with Crippen molar-refractivity contribution in [3.8, 4) is 16.9 Å². The lowest BCUT2D eigenvalue weighted by Gasteiger charge is -2.09. The van der Waals surface area contributed by atoms with Crippen molar-refractivity contribution >= 4 is 21.4 Å². The van der Waals surface area contributed by atoms with Gasteiger partial charge in [0.1, 0.15) is 12.4 Å². The summed E-state index contributed by atoms with van der Waals surface area (Å²) in [5.74, 6) is -0.850. The Morgan fingerprint density at radius 2 is 1.67 bits per heavy atom. The molecule has 0 saturated heterocycles. The Morgan fingerprint density at radius 3 is 2.37 bits per heavy atom. The van der Waals surface area contributed by atoms with E-state index in [2.05, 4.69) is 0 Å². The minimum atomic E-state index is -0.817. The maximum Gasteiger partial charge on any atom is 0.167 e. The molecule has 0 unspecified atom stereocenters. The SMILES string of the molecule is CCc1cc2c(F)c(F)cc(-c3ccc(OCc4ccccc4)cc3)c2s1. The van der Waals surface area contributed by atoms with Gasteiger partial charge in [-0.25, -0.2) is 8.78 Å². The van der Waals surface area contributed by atoms with E-state index in [1.165, 1.54) is 17.4 Å². The van der Waals surface area contributed by atoms with Gasteiger partial charge in [0.15, 0.2) is 11.6 Å². The van der Waals surface area contributed by atoms with Gasteiger partial charge in [-0.05, 0) is 41.8 Å². The van der Waals surface area contributed by atoms with Crippen LogP contribution in [-0.2, 0) is 13.0 Å². The lowest BCUT2D eigenvalue weighted by molar-refractivity contribution is 0.306. The molecular formula is C23H18F2OS. The average molecular weight is 380 g/mol. The van der Waals surface area contributed by atoms with Crippen molar-refractivity contribution < 1.29 is 13.5 Å². The molecule has 0 saturated carbocycles. The van der Waals surface area contributed by atoms with Crippen LogP contribution in [-0.4, -0.2) is 0 Å². The number of benzene rings is 3. The van der Waals surface area contributed by atoms with Gasteiger partial charge in [0, 0.05) is 20.5 Å². The molecule has 1 heterocycles. The van der Waals surface area contributed by atoms with Crippen molar-refractivity contribution in [3.05, 3.63) is 88.8 Å². The van der Waals surface area contributed by atoms with Crippen molar-refractivity contribution in [2.75, 3.05) is 0 Å². The maximum absolute atomic E-state index is 14.2. The highest BCUT2D eigenvalue weighted by molar-refractivity contribution is 7.19. The zero-order valence-corrected chi connectivity index (χ0v) is 15.7. The maximum atomic E-state index is 14.2. The van der Waals surface area contributed by atoms with Crippen LogP contribution in [0.5, 0.6) is 5.75 Å². The number of hydrogen-bond acceptors (Lipinski definition) is 2. The molecule has 0 spiro atoms. The lowest BCUT2D eigenvalue weighted by Crippen LogP contribution is -1.94. The number of aryl methyl sites for hydroxylation is 1. The fraction of sp³-hybridized carbons (Fsp3) is 0.130. The fourth-order valence-corrected chi connectivity index (χ4v) is 4.18. The molecule has 0 radical (unpaired) electrons. The van der Waals surface area contributed by atoms with Crippen LogP contribution in [0, 0.1) is 11.6 Å². The molecule has 1 aromatic heterocycles. The summed E-state index contributed by atoms with van der Waals surface area (Å²) in [7, 11) is 0. The number of hydrogen-bond donors (Lipinski definition) is 0. The molecule has 3 aromatic carbocycles. The molecule has 4 heteroatoms. The molecule has 136 valence electrons. The highest BCUT2D eigenvalue weighted by Crippen LogP contribution is 2.38. The van der Waals surface area contributed by atoms with Gasteiger partial charge in [0.2, 0.25) is 0 Å². The van der Waals surface area contributed by atoms with Crippen LogP contribution in [0.3, 0.4) is 0 Å². The Balaban J connectivity index is 1.64. The van der Waals surface area contributed by atoms with Gasteiger partial charge in [-0.3, -0.25) is 0 Å². The Morgan fingerprint density at radius 1 is 0.926 bits per heavy atom. The van der Waals surface area contributed by atoms with E-state index >= 15 is 0 Å². The first-order chi connectivity index (χ1) is 13.2. The van der Waals surface area contributed by atoms with E-state index in [9.17, 15) is 8.78 Å². The summed E-state index contributed by atoms with van der Waals surface area (Å²) >= 11 is 1.52. The Labute approximate surface area is 160 Å². The summed E-state index contributed by atoms with van der Waals surface area (Å²) in [5, 5.41) is 0.358. The van der Waals surface area contributed by atoms with E-state index in [1.54, 1.807) is 6.07 Å². The second kappa shape index (κ2) is 7.49. The number of fused-ring (bicyclic) bond motifs is 1. The summed E-state index contributed by atoms with van der Waals surface area (Å²) in [6.45, 7) is 2.50. The molecule has 0 fully saturated rings. The van der Waals surface area contributed by atoms with E-state index in [1.807, 2.05) is 61.5 Å².